The van der Waals surface area contributed by atoms with Gasteiger partial charge in [-0.15, -0.1) is 0 Å². The number of esters is 3. The SMILES string of the molecule is C=C1C(=O)O[C@@H]2[C@H]3C(C)=C(Cl)C(=O)C3=C(C)C[C@@H](OC(=O)/C(=C/C)COC(C)=O)[C@@H]12. The summed E-state index contributed by atoms with van der Waals surface area (Å²) in [5, 5.41) is 0.134. The van der Waals surface area contributed by atoms with E-state index in [4.69, 9.17) is 25.8 Å². The number of rotatable bonds is 4. The second-order valence-electron chi connectivity index (χ2n) is 7.66. The number of allylic oxidation sites excluding steroid dienone is 2. The Balaban J connectivity index is 1.95. The van der Waals surface area contributed by atoms with Crippen LogP contribution in [0, 0.1) is 11.8 Å². The molecule has 7 nitrogen and oxygen atoms in total. The molecule has 0 aromatic rings. The summed E-state index contributed by atoms with van der Waals surface area (Å²) in [5.41, 5.74) is 2.20. The molecule has 0 bridgehead atoms. The van der Waals surface area contributed by atoms with Crippen molar-refractivity contribution in [3.05, 3.63) is 45.6 Å². The van der Waals surface area contributed by atoms with Crippen LogP contribution in [0.1, 0.15) is 34.1 Å². The van der Waals surface area contributed by atoms with Gasteiger partial charge in [-0.3, -0.25) is 9.59 Å². The minimum absolute atomic E-state index is 0.134. The molecule has 1 heterocycles. The molecule has 1 saturated heterocycles. The highest BCUT2D eigenvalue weighted by molar-refractivity contribution is 6.47. The minimum Gasteiger partial charge on any atom is -0.461 e. The second-order valence-corrected chi connectivity index (χ2v) is 8.04. The average molecular weight is 435 g/mol. The van der Waals surface area contributed by atoms with Crippen molar-refractivity contribution >= 4 is 35.3 Å². The Morgan fingerprint density at radius 2 is 1.97 bits per heavy atom. The van der Waals surface area contributed by atoms with Crippen LogP contribution in [0.3, 0.4) is 0 Å². The van der Waals surface area contributed by atoms with Gasteiger partial charge in [0.25, 0.3) is 0 Å². The maximum atomic E-state index is 12.7. The van der Waals surface area contributed by atoms with E-state index in [1.807, 2.05) is 0 Å². The molecular formula is C22H23ClO7. The highest BCUT2D eigenvalue weighted by Gasteiger charge is 2.55. The number of fused-ring (bicyclic) bond motifs is 3. The monoisotopic (exact) mass is 434 g/mol. The maximum Gasteiger partial charge on any atom is 0.337 e. The van der Waals surface area contributed by atoms with E-state index in [0.29, 0.717) is 11.1 Å². The molecular weight excluding hydrogens is 412 g/mol. The van der Waals surface area contributed by atoms with Crippen LogP contribution in [0.15, 0.2) is 45.6 Å². The molecule has 0 N–H and O–H groups in total. The van der Waals surface area contributed by atoms with Crippen LogP contribution < -0.4 is 0 Å². The van der Waals surface area contributed by atoms with E-state index in [2.05, 4.69) is 6.58 Å². The van der Waals surface area contributed by atoms with Crippen LogP contribution in [0.5, 0.6) is 0 Å². The van der Waals surface area contributed by atoms with Gasteiger partial charge in [0.1, 0.15) is 18.8 Å². The van der Waals surface area contributed by atoms with Gasteiger partial charge >= 0.3 is 17.9 Å². The normalized spacial score (nSPS) is 28.8. The third-order valence-corrected chi connectivity index (χ3v) is 6.30. The Kier molecular flexibility index (Phi) is 6.04. The zero-order valence-corrected chi connectivity index (χ0v) is 18.0. The number of carbonyl (C=O) groups excluding carboxylic acids is 4. The molecule has 30 heavy (non-hydrogen) atoms. The standard InChI is InChI=1S/C22H23ClO7/c1-6-13(8-28-12(5)24)22(27)29-14-7-9(2)15-17(10(3)18(23)19(15)25)20-16(14)11(4)21(26)30-20/h6,14,16-17,20H,4,7-8H2,1-3,5H3/b13-6+/t14-,16-,17+,20+/m1/s1. The van der Waals surface area contributed by atoms with Gasteiger partial charge in [-0.1, -0.05) is 29.8 Å². The summed E-state index contributed by atoms with van der Waals surface area (Å²) in [6, 6.07) is 0. The molecule has 1 fully saturated rings. The van der Waals surface area contributed by atoms with E-state index in [-0.39, 0.29) is 35.0 Å². The molecule has 160 valence electrons. The van der Waals surface area contributed by atoms with Gasteiger partial charge in [0.05, 0.1) is 16.5 Å². The van der Waals surface area contributed by atoms with Crippen molar-refractivity contribution in [2.24, 2.45) is 11.8 Å². The molecule has 8 heteroatoms. The fourth-order valence-corrected chi connectivity index (χ4v) is 4.51. The fraction of sp³-hybridized carbons (Fsp3) is 0.455. The Morgan fingerprint density at radius 3 is 2.57 bits per heavy atom. The molecule has 3 rings (SSSR count). The van der Waals surface area contributed by atoms with Crippen LogP contribution in [0.4, 0.5) is 0 Å². The minimum atomic E-state index is -0.772. The van der Waals surface area contributed by atoms with Gasteiger partial charge in [-0.25, -0.2) is 9.59 Å². The fourth-order valence-electron chi connectivity index (χ4n) is 4.29. The van der Waals surface area contributed by atoms with Crippen LogP contribution in [0.25, 0.3) is 0 Å². The second kappa shape index (κ2) is 8.22. The van der Waals surface area contributed by atoms with Gasteiger partial charge in [-0.05, 0) is 26.3 Å². The lowest BCUT2D eigenvalue weighted by molar-refractivity contribution is -0.149. The average Bonchev–Trinajstić information content (AvgIpc) is 3.04. The zero-order valence-electron chi connectivity index (χ0n) is 17.2. The van der Waals surface area contributed by atoms with E-state index < -0.39 is 42.0 Å². The first-order chi connectivity index (χ1) is 14.1. The van der Waals surface area contributed by atoms with Crippen molar-refractivity contribution in [2.45, 2.75) is 46.3 Å². The van der Waals surface area contributed by atoms with Crippen molar-refractivity contribution in [1.82, 2.24) is 0 Å². The quantitative estimate of drug-likeness (QED) is 0.381. The lowest BCUT2D eigenvalue weighted by Gasteiger charge is -2.28. The molecule has 2 aliphatic carbocycles. The van der Waals surface area contributed by atoms with E-state index in [1.54, 1.807) is 20.8 Å². The zero-order chi connectivity index (χ0) is 22.3. The maximum absolute atomic E-state index is 12.7. The number of halogens is 1. The highest BCUT2D eigenvalue weighted by Crippen LogP contribution is 2.50. The van der Waals surface area contributed by atoms with Crippen molar-refractivity contribution in [2.75, 3.05) is 6.61 Å². The summed E-state index contributed by atoms with van der Waals surface area (Å²) in [5.74, 6) is -3.19. The number of ether oxygens (including phenoxy) is 3. The Hall–Kier alpha value is -2.67. The largest absolute Gasteiger partial charge is 0.461 e. The molecule has 0 unspecified atom stereocenters. The van der Waals surface area contributed by atoms with E-state index in [1.165, 1.54) is 13.0 Å². The van der Waals surface area contributed by atoms with Crippen LogP contribution in [0.2, 0.25) is 0 Å². The summed E-state index contributed by atoms with van der Waals surface area (Å²) < 4.78 is 16.2. The van der Waals surface area contributed by atoms with Crippen molar-refractivity contribution < 1.29 is 33.4 Å². The number of carbonyl (C=O) groups is 4. The first-order valence-electron chi connectivity index (χ1n) is 9.58. The van der Waals surface area contributed by atoms with Gasteiger partial charge < -0.3 is 14.2 Å². The predicted octanol–water partition coefficient (Wildman–Crippen LogP) is 2.94. The van der Waals surface area contributed by atoms with Crippen LogP contribution >= 0.6 is 11.6 Å². The molecule has 0 spiro atoms. The molecule has 0 aromatic carbocycles. The lowest BCUT2D eigenvalue weighted by atomic mass is 9.82. The lowest BCUT2D eigenvalue weighted by Crippen LogP contribution is -2.36. The predicted molar refractivity (Wildman–Crippen MR) is 107 cm³/mol. The van der Waals surface area contributed by atoms with Gasteiger partial charge in [0.2, 0.25) is 5.78 Å². The summed E-state index contributed by atoms with van der Waals surface area (Å²) in [4.78, 5) is 48.8. The number of hydrogen-bond acceptors (Lipinski definition) is 7. The first kappa shape index (κ1) is 22.0. The molecule has 0 amide bonds. The molecule has 0 aromatic heterocycles. The number of hydrogen-bond donors (Lipinski definition) is 0. The first-order valence-corrected chi connectivity index (χ1v) is 9.96. The Labute approximate surface area is 179 Å². The third-order valence-electron chi connectivity index (χ3n) is 5.83. The molecule has 0 saturated carbocycles. The summed E-state index contributed by atoms with van der Waals surface area (Å²) in [6.45, 7) is 10.0. The molecule has 3 aliphatic rings. The smallest absolute Gasteiger partial charge is 0.337 e. The molecule has 1 aliphatic heterocycles. The molecule has 4 atom stereocenters. The van der Waals surface area contributed by atoms with Gasteiger partial charge in [0, 0.05) is 30.4 Å². The summed E-state index contributed by atoms with van der Waals surface area (Å²) in [6.07, 6.45) is 0.215. The van der Waals surface area contributed by atoms with Crippen LogP contribution in [-0.2, 0) is 33.4 Å². The van der Waals surface area contributed by atoms with Gasteiger partial charge in [-0.2, -0.15) is 0 Å². The van der Waals surface area contributed by atoms with E-state index >= 15 is 0 Å². The Bertz CT molecular complexity index is 953. The Morgan fingerprint density at radius 1 is 1.30 bits per heavy atom. The van der Waals surface area contributed by atoms with Gasteiger partial charge in [0.15, 0.2) is 0 Å². The number of Topliss-reactive ketones (excluding diaryl/α,β-unsaturated/α-hetero) is 1. The molecule has 0 radical (unpaired) electrons. The topological polar surface area (TPSA) is 96.0 Å². The summed E-state index contributed by atoms with van der Waals surface area (Å²) in [7, 11) is 0. The van der Waals surface area contributed by atoms with Crippen molar-refractivity contribution in [3.8, 4) is 0 Å². The highest BCUT2D eigenvalue weighted by atomic mass is 35.5. The summed E-state index contributed by atoms with van der Waals surface area (Å²) >= 11 is 6.21. The van der Waals surface area contributed by atoms with Crippen molar-refractivity contribution in [3.63, 3.8) is 0 Å². The van der Waals surface area contributed by atoms with E-state index in [9.17, 15) is 19.2 Å². The number of ketones is 1. The van der Waals surface area contributed by atoms with Crippen LogP contribution in [-0.4, -0.2) is 42.5 Å². The van der Waals surface area contributed by atoms with Crippen molar-refractivity contribution in [1.29, 1.82) is 0 Å². The van der Waals surface area contributed by atoms with E-state index in [0.717, 1.165) is 5.57 Å². The third kappa shape index (κ3) is 3.62.